The number of hydrazone groups is 1. The van der Waals surface area contributed by atoms with Crippen molar-refractivity contribution in [3.05, 3.63) is 40.5 Å². The Morgan fingerprint density at radius 2 is 2.13 bits per heavy atom. The number of benzene rings is 1. The van der Waals surface area contributed by atoms with Gasteiger partial charge in [0.2, 0.25) is 0 Å². The van der Waals surface area contributed by atoms with Crippen molar-refractivity contribution in [2.75, 3.05) is 12.5 Å². The Morgan fingerprint density at radius 1 is 1.30 bits per heavy atom. The van der Waals surface area contributed by atoms with Crippen molar-refractivity contribution in [3.8, 4) is 11.5 Å². The fourth-order valence-corrected chi connectivity index (χ4v) is 3.22. The summed E-state index contributed by atoms with van der Waals surface area (Å²) in [6, 6.07) is 5.07. The quantitative estimate of drug-likeness (QED) is 0.566. The molecule has 3 rings (SSSR count). The molecular formula is C16H16N4O2S. The maximum Gasteiger partial charge on any atom is 0.160 e. The van der Waals surface area contributed by atoms with E-state index in [9.17, 15) is 5.11 Å². The van der Waals surface area contributed by atoms with Crippen molar-refractivity contribution < 1.29 is 9.84 Å². The minimum Gasteiger partial charge on any atom is -0.504 e. The Kier molecular flexibility index (Phi) is 4.12. The lowest BCUT2D eigenvalue weighted by molar-refractivity contribution is 0.373. The van der Waals surface area contributed by atoms with Gasteiger partial charge in [-0.1, -0.05) is 0 Å². The standard InChI is InChI=1S/C16H16N4O2S/c1-9-10(2)23-16-14(9)15(17-8-18-16)20-19-7-11-4-5-13(22-3)12(21)6-11/h4-8,21H,1-3H3,(H,17,18,20)/b19-7+. The molecule has 0 amide bonds. The minimum atomic E-state index is 0.0742. The third-order valence-electron chi connectivity index (χ3n) is 3.55. The first kappa shape index (κ1) is 15.2. The van der Waals surface area contributed by atoms with Crippen LogP contribution in [0.25, 0.3) is 10.2 Å². The normalized spacial score (nSPS) is 11.3. The van der Waals surface area contributed by atoms with Gasteiger partial charge < -0.3 is 9.84 Å². The second-order valence-electron chi connectivity index (χ2n) is 4.99. The number of ether oxygens (including phenoxy) is 1. The number of aromatic hydroxyl groups is 1. The molecule has 0 aliphatic carbocycles. The molecule has 0 radical (unpaired) electrons. The average Bonchev–Trinajstić information content (AvgIpc) is 2.83. The van der Waals surface area contributed by atoms with E-state index in [2.05, 4.69) is 27.4 Å². The van der Waals surface area contributed by atoms with Gasteiger partial charge in [-0.3, -0.25) is 5.43 Å². The number of nitrogens with one attached hydrogen (secondary N) is 1. The van der Waals surface area contributed by atoms with Gasteiger partial charge >= 0.3 is 0 Å². The van der Waals surface area contributed by atoms with Crippen molar-refractivity contribution in [2.24, 2.45) is 5.10 Å². The Morgan fingerprint density at radius 3 is 2.87 bits per heavy atom. The molecule has 0 spiro atoms. The predicted molar refractivity (Wildman–Crippen MR) is 92.8 cm³/mol. The van der Waals surface area contributed by atoms with E-state index < -0.39 is 0 Å². The molecule has 0 atom stereocenters. The van der Waals surface area contributed by atoms with Crippen LogP contribution in [0.2, 0.25) is 0 Å². The van der Waals surface area contributed by atoms with Gasteiger partial charge in [0.05, 0.1) is 18.7 Å². The minimum absolute atomic E-state index is 0.0742. The Hall–Kier alpha value is -2.67. The van der Waals surface area contributed by atoms with Gasteiger partial charge in [-0.15, -0.1) is 11.3 Å². The molecule has 0 aliphatic heterocycles. The number of rotatable bonds is 4. The van der Waals surface area contributed by atoms with Gasteiger partial charge in [-0.25, -0.2) is 9.97 Å². The van der Waals surface area contributed by atoms with E-state index in [-0.39, 0.29) is 5.75 Å². The van der Waals surface area contributed by atoms with E-state index in [0.717, 1.165) is 21.3 Å². The van der Waals surface area contributed by atoms with E-state index >= 15 is 0 Å². The van der Waals surface area contributed by atoms with Crippen molar-refractivity contribution in [1.82, 2.24) is 9.97 Å². The molecule has 0 bridgehead atoms. The lowest BCUT2D eigenvalue weighted by Crippen LogP contribution is -1.95. The number of phenols is 1. The first-order valence-corrected chi connectivity index (χ1v) is 7.78. The summed E-state index contributed by atoms with van der Waals surface area (Å²) >= 11 is 1.64. The zero-order valence-corrected chi connectivity index (χ0v) is 13.8. The van der Waals surface area contributed by atoms with Crippen molar-refractivity contribution in [2.45, 2.75) is 13.8 Å². The van der Waals surface area contributed by atoms with Gasteiger partial charge in [-0.05, 0) is 43.2 Å². The molecule has 3 aromatic rings. The van der Waals surface area contributed by atoms with Crippen molar-refractivity contribution in [3.63, 3.8) is 0 Å². The molecule has 0 saturated heterocycles. The molecule has 6 nitrogen and oxygen atoms in total. The second-order valence-corrected chi connectivity index (χ2v) is 6.19. The Balaban J connectivity index is 1.84. The topological polar surface area (TPSA) is 79.6 Å². The molecule has 0 saturated carbocycles. The van der Waals surface area contributed by atoms with E-state index in [0.29, 0.717) is 11.6 Å². The van der Waals surface area contributed by atoms with Gasteiger partial charge in [0.15, 0.2) is 17.3 Å². The Labute approximate surface area is 137 Å². The SMILES string of the molecule is COc1ccc(/C=N/Nc2ncnc3sc(C)c(C)c23)cc1O. The number of hydrogen-bond donors (Lipinski definition) is 2. The van der Waals surface area contributed by atoms with E-state index in [1.54, 1.807) is 35.8 Å². The van der Waals surface area contributed by atoms with Crippen molar-refractivity contribution in [1.29, 1.82) is 0 Å². The third-order valence-corrected chi connectivity index (χ3v) is 4.67. The monoisotopic (exact) mass is 328 g/mol. The molecule has 2 N–H and O–H groups in total. The predicted octanol–water partition coefficient (Wildman–Crippen LogP) is 3.47. The van der Waals surface area contributed by atoms with Crippen LogP contribution in [-0.2, 0) is 0 Å². The maximum atomic E-state index is 9.76. The van der Waals surface area contributed by atoms with Crippen molar-refractivity contribution >= 4 is 33.6 Å². The summed E-state index contributed by atoms with van der Waals surface area (Å²) in [6.45, 7) is 4.11. The maximum absolute atomic E-state index is 9.76. The Bertz CT molecular complexity index is 889. The van der Waals surface area contributed by atoms with Crippen LogP contribution < -0.4 is 10.2 Å². The zero-order valence-electron chi connectivity index (χ0n) is 13.0. The lowest BCUT2D eigenvalue weighted by atomic mass is 10.2. The van der Waals surface area contributed by atoms with Crippen LogP contribution >= 0.6 is 11.3 Å². The molecule has 0 aliphatic rings. The molecule has 23 heavy (non-hydrogen) atoms. The van der Waals surface area contributed by atoms with Crippen LogP contribution in [0, 0.1) is 13.8 Å². The highest BCUT2D eigenvalue weighted by Gasteiger charge is 2.11. The molecule has 0 fully saturated rings. The number of fused-ring (bicyclic) bond motifs is 1. The van der Waals surface area contributed by atoms with Crippen LogP contribution in [0.5, 0.6) is 11.5 Å². The summed E-state index contributed by atoms with van der Waals surface area (Å²) in [5, 5.41) is 14.9. The molecule has 1 aromatic carbocycles. The highest BCUT2D eigenvalue weighted by atomic mass is 32.1. The highest BCUT2D eigenvalue weighted by molar-refractivity contribution is 7.18. The van der Waals surface area contributed by atoms with Crippen LogP contribution in [0.1, 0.15) is 16.0 Å². The summed E-state index contributed by atoms with van der Waals surface area (Å²) in [5.74, 6) is 1.17. The first-order valence-electron chi connectivity index (χ1n) is 6.97. The van der Waals surface area contributed by atoms with Crippen LogP contribution in [0.4, 0.5) is 5.82 Å². The lowest BCUT2D eigenvalue weighted by Gasteiger charge is -2.04. The second kappa shape index (κ2) is 6.21. The van der Waals surface area contributed by atoms with E-state index in [4.69, 9.17) is 4.74 Å². The van der Waals surface area contributed by atoms with Crippen LogP contribution in [-0.4, -0.2) is 28.4 Å². The number of hydrogen-bond acceptors (Lipinski definition) is 7. The largest absolute Gasteiger partial charge is 0.504 e. The van der Waals surface area contributed by atoms with E-state index in [1.165, 1.54) is 18.3 Å². The number of nitrogens with zero attached hydrogens (tertiary/aromatic N) is 3. The van der Waals surface area contributed by atoms with Gasteiger partial charge in [0, 0.05) is 4.88 Å². The zero-order chi connectivity index (χ0) is 16.4. The number of anilines is 1. The highest BCUT2D eigenvalue weighted by Crippen LogP contribution is 2.32. The molecule has 2 aromatic heterocycles. The molecule has 0 unspecified atom stereocenters. The fraction of sp³-hybridized carbons (Fsp3) is 0.188. The van der Waals surface area contributed by atoms with Crippen LogP contribution in [0.15, 0.2) is 29.6 Å². The summed E-state index contributed by atoms with van der Waals surface area (Å²) in [5.41, 5.74) is 4.86. The smallest absolute Gasteiger partial charge is 0.160 e. The molecule has 7 heteroatoms. The molecule has 118 valence electrons. The number of thiophene rings is 1. The summed E-state index contributed by atoms with van der Waals surface area (Å²) in [7, 11) is 1.51. The summed E-state index contributed by atoms with van der Waals surface area (Å²) in [6.07, 6.45) is 3.14. The average molecular weight is 328 g/mol. The van der Waals surface area contributed by atoms with Gasteiger partial charge in [0.1, 0.15) is 11.2 Å². The van der Waals surface area contributed by atoms with E-state index in [1.807, 2.05) is 6.92 Å². The first-order chi connectivity index (χ1) is 11.1. The van der Waals surface area contributed by atoms with Crippen LogP contribution in [0.3, 0.4) is 0 Å². The third kappa shape index (κ3) is 2.95. The number of aromatic nitrogens is 2. The van der Waals surface area contributed by atoms with Gasteiger partial charge in [-0.2, -0.15) is 5.10 Å². The fourth-order valence-electron chi connectivity index (χ4n) is 2.22. The number of phenolic OH excluding ortho intramolecular Hbond substituents is 1. The summed E-state index contributed by atoms with van der Waals surface area (Å²) in [4.78, 5) is 10.7. The van der Waals surface area contributed by atoms with Gasteiger partial charge in [0.25, 0.3) is 0 Å². The summed E-state index contributed by atoms with van der Waals surface area (Å²) < 4.78 is 5.01. The number of aryl methyl sites for hydroxylation is 2. The molecular weight excluding hydrogens is 312 g/mol. The molecule has 2 heterocycles. The number of methoxy groups -OCH3 is 1.